The van der Waals surface area contributed by atoms with Gasteiger partial charge >= 0.3 is 13.7 Å². The first-order chi connectivity index (χ1) is 15.6. The lowest BCUT2D eigenvalue weighted by Crippen LogP contribution is -2.46. The predicted molar refractivity (Wildman–Crippen MR) is 119 cm³/mol. The molecular weight excluding hydrogens is 451 g/mol. The Balaban J connectivity index is 1.66. The zero-order valence-corrected chi connectivity index (χ0v) is 19.8. The van der Waals surface area contributed by atoms with Crippen molar-refractivity contribution in [2.24, 2.45) is 5.92 Å². The summed E-state index contributed by atoms with van der Waals surface area (Å²) in [5, 5.41) is 14.8. The van der Waals surface area contributed by atoms with Crippen LogP contribution in [0.25, 0.3) is 0 Å². The van der Waals surface area contributed by atoms with Crippen LogP contribution in [0.5, 0.6) is 5.75 Å². The van der Waals surface area contributed by atoms with Crippen molar-refractivity contribution in [3.8, 4) is 5.75 Å². The van der Waals surface area contributed by atoms with Gasteiger partial charge in [0.2, 0.25) is 5.91 Å². The van der Waals surface area contributed by atoms with Crippen LogP contribution < -0.4 is 14.9 Å². The maximum Gasteiger partial charge on any atom is 0.459 e. The molecule has 0 aromatic heterocycles. The largest absolute Gasteiger partial charge is 0.468 e. The van der Waals surface area contributed by atoms with Gasteiger partial charge in [0, 0.05) is 0 Å². The molecule has 0 spiro atoms. The number of amides is 1. The summed E-state index contributed by atoms with van der Waals surface area (Å²) in [6.07, 6.45) is 2.90. The Morgan fingerprint density at radius 1 is 1.27 bits per heavy atom. The standard InChI is InChI=1S/C22H29N2O8P/c1-13-5-7-16(8-6-13)32-33(28,24-15(3)22(27)29-4)30-12-17-9-10-19(31-17)18-11-14(2)20(25)23-21(18)26/h5-11,15,17-20,25H,12H2,1-4H3,(H,23,26)(H,24,28). The number of carbonyl (C=O) groups is 2. The summed E-state index contributed by atoms with van der Waals surface area (Å²) in [7, 11) is -2.78. The van der Waals surface area contributed by atoms with Gasteiger partial charge in [-0.2, -0.15) is 5.09 Å². The number of aliphatic hydroxyl groups excluding tert-OH is 1. The van der Waals surface area contributed by atoms with Crippen molar-refractivity contribution in [3.05, 3.63) is 53.6 Å². The number of ether oxygens (including phenoxy) is 2. The number of carbonyl (C=O) groups excluding carboxylic acids is 2. The van der Waals surface area contributed by atoms with E-state index in [1.807, 2.05) is 6.92 Å². The molecular formula is C22H29N2O8P. The fraction of sp³-hybridized carbons (Fsp3) is 0.455. The molecule has 0 aliphatic carbocycles. The van der Waals surface area contributed by atoms with Crippen LogP contribution in [0, 0.1) is 12.8 Å². The highest BCUT2D eigenvalue weighted by Crippen LogP contribution is 2.45. The molecule has 1 aromatic carbocycles. The first-order valence-corrected chi connectivity index (χ1v) is 12.0. The van der Waals surface area contributed by atoms with E-state index < -0.39 is 44.1 Å². The second-order valence-corrected chi connectivity index (χ2v) is 9.64. The summed E-state index contributed by atoms with van der Waals surface area (Å²) in [4.78, 5) is 24.1. The van der Waals surface area contributed by atoms with Crippen LogP contribution in [0.2, 0.25) is 0 Å². The van der Waals surface area contributed by atoms with Gasteiger partial charge in [0.1, 0.15) is 24.1 Å². The molecule has 2 aliphatic rings. The van der Waals surface area contributed by atoms with E-state index in [9.17, 15) is 19.3 Å². The second kappa shape index (κ2) is 10.6. The number of hydrogen-bond acceptors (Lipinski definition) is 8. The van der Waals surface area contributed by atoms with Crippen LogP contribution in [0.1, 0.15) is 19.4 Å². The van der Waals surface area contributed by atoms with Gasteiger partial charge in [-0.15, -0.1) is 0 Å². The zero-order valence-electron chi connectivity index (χ0n) is 18.9. The first-order valence-electron chi connectivity index (χ1n) is 10.5. The fourth-order valence-electron chi connectivity index (χ4n) is 3.33. The SMILES string of the molecule is COC(=O)C(C)NP(=O)(OCC1C=CC(C2C=C(C)C(O)NC2=O)O1)Oc1ccc(C)cc1. The maximum absolute atomic E-state index is 13.4. The highest BCUT2D eigenvalue weighted by molar-refractivity contribution is 7.52. The topological polar surface area (TPSA) is 132 Å². The third-order valence-electron chi connectivity index (χ3n) is 5.22. The highest BCUT2D eigenvalue weighted by Gasteiger charge is 2.37. The minimum Gasteiger partial charge on any atom is -0.468 e. The average molecular weight is 480 g/mol. The summed E-state index contributed by atoms with van der Waals surface area (Å²) in [6.45, 7) is 4.94. The number of benzene rings is 1. The van der Waals surface area contributed by atoms with E-state index in [1.54, 1.807) is 49.4 Å². The summed E-state index contributed by atoms with van der Waals surface area (Å²) in [6, 6.07) is 5.91. The Labute approximate surface area is 192 Å². The zero-order chi connectivity index (χ0) is 24.2. The Bertz CT molecular complexity index is 977. The van der Waals surface area contributed by atoms with E-state index in [-0.39, 0.29) is 12.5 Å². The van der Waals surface area contributed by atoms with E-state index >= 15 is 0 Å². The lowest BCUT2D eigenvalue weighted by Gasteiger charge is -2.28. The predicted octanol–water partition coefficient (Wildman–Crippen LogP) is 1.98. The van der Waals surface area contributed by atoms with Crippen molar-refractivity contribution >= 4 is 19.6 Å². The Kier molecular flexibility index (Phi) is 8.10. The van der Waals surface area contributed by atoms with Crippen LogP contribution in [0.4, 0.5) is 0 Å². The quantitative estimate of drug-likeness (QED) is 0.276. The van der Waals surface area contributed by atoms with E-state index in [4.69, 9.17) is 13.8 Å². The Hall–Kier alpha value is -2.49. The molecule has 3 N–H and O–H groups in total. The third kappa shape index (κ3) is 6.52. The van der Waals surface area contributed by atoms with Crippen molar-refractivity contribution in [3.63, 3.8) is 0 Å². The maximum atomic E-state index is 13.4. The molecule has 0 saturated heterocycles. The Morgan fingerprint density at radius 3 is 2.64 bits per heavy atom. The molecule has 0 radical (unpaired) electrons. The van der Waals surface area contributed by atoms with Crippen molar-refractivity contribution in [2.75, 3.05) is 13.7 Å². The van der Waals surface area contributed by atoms with Crippen LogP contribution in [-0.4, -0.2) is 55.2 Å². The molecule has 11 heteroatoms. The van der Waals surface area contributed by atoms with Crippen molar-refractivity contribution in [1.82, 2.24) is 10.4 Å². The molecule has 2 aliphatic heterocycles. The van der Waals surface area contributed by atoms with E-state index in [0.717, 1.165) is 5.56 Å². The fourth-order valence-corrected chi connectivity index (χ4v) is 4.83. The summed E-state index contributed by atoms with van der Waals surface area (Å²) < 4.78 is 35.2. The van der Waals surface area contributed by atoms with Crippen LogP contribution in [0.3, 0.4) is 0 Å². The first kappa shape index (κ1) is 25.1. The molecule has 1 amide bonds. The highest BCUT2D eigenvalue weighted by atomic mass is 31.2. The average Bonchev–Trinajstić information content (AvgIpc) is 3.25. The van der Waals surface area contributed by atoms with Crippen molar-refractivity contribution in [2.45, 2.75) is 45.2 Å². The van der Waals surface area contributed by atoms with Gasteiger partial charge in [0.15, 0.2) is 0 Å². The van der Waals surface area contributed by atoms with Gasteiger partial charge in [-0.05, 0) is 38.5 Å². The number of aryl methyl sites for hydroxylation is 1. The lowest BCUT2D eigenvalue weighted by molar-refractivity contribution is -0.142. The number of aliphatic hydroxyl groups is 1. The second-order valence-electron chi connectivity index (χ2n) is 7.94. The minimum atomic E-state index is -4.00. The molecule has 33 heavy (non-hydrogen) atoms. The molecule has 6 unspecified atom stereocenters. The number of esters is 1. The number of nitrogens with one attached hydrogen (secondary N) is 2. The van der Waals surface area contributed by atoms with Crippen molar-refractivity contribution < 1.29 is 37.8 Å². The normalized spacial score (nSPS) is 27.3. The summed E-state index contributed by atoms with van der Waals surface area (Å²) >= 11 is 0. The van der Waals surface area contributed by atoms with Crippen LogP contribution in [0.15, 0.2) is 48.1 Å². The minimum absolute atomic E-state index is 0.156. The molecule has 180 valence electrons. The monoisotopic (exact) mass is 480 g/mol. The molecule has 0 fully saturated rings. The summed E-state index contributed by atoms with van der Waals surface area (Å²) in [5.41, 5.74) is 1.61. The molecule has 1 aromatic rings. The molecule has 10 nitrogen and oxygen atoms in total. The molecule has 6 atom stereocenters. The number of methoxy groups -OCH3 is 1. The molecule has 3 rings (SSSR count). The van der Waals surface area contributed by atoms with E-state index in [1.165, 1.54) is 14.0 Å². The number of hydrogen-bond donors (Lipinski definition) is 3. The van der Waals surface area contributed by atoms with Gasteiger partial charge in [0.05, 0.1) is 25.7 Å². The van der Waals surface area contributed by atoms with Crippen molar-refractivity contribution in [1.29, 1.82) is 0 Å². The van der Waals surface area contributed by atoms with Gasteiger partial charge < -0.3 is 24.4 Å². The van der Waals surface area contributed by atoms with E-state index in [0.29, 0.717) is 11.3 Å². The van der Waals surface area contributed by atoms with Gasteiger partial charge in [-0.3, -0.25) is 14.1 Å². The molecule has 0 saturated carbocycles. The summed E-state index contributed by atoms with van der Waals surface area (Å²) in [5.74, 6) is -1.29. The third-order valence-corrected chi connectivity index (χ3v) is 6.86. The van der Waals surface area contributed by atoms with Gasteiger partial charge in [0.25, 0.3) is 0 Å². The van der Waals surface area contributed by atoms with Gasteiger partial charge in [-0.1, -0.05) is 35.9 Å². The van der Waals surface area contributed by atoms with Crippen LogP contribution >= 0.6 is 7.75 Å². The molecule has 0 bridgehead atoms. The smallest absolute Gasteiger partial charge is 0.459 e. The van der Waals surface area contributed by atoms with E-state index in [2.05, 4.69) is 15.1 Å². The molecule has 2 heterocycles. The van der Waals surface area contributed by atoms with Crippen LogP contribution in [-0.2, 0) is 28.2 Å². The lowest BCUT2D eigenvalue weighted by atomic mass is 9.95. The van der Waals surface area contributed by atoms with Gasteiger partial charge in [-0.25, -0.2) is 4.57 Å². The Morgan fingerprint density at radius 2 is 1.97 bits per heavy atom. The number of rotatable bonds is 9.